The third-order valence-electron chi connectivity index (χ3n) is 7.22. The zero-order valence-electron chi connectivity index (χ0n) is 22.0. The van der Waals surface area contributed by atoms with Gasteiger partial charge in [-0.05, 0) is 44.0 Å². The molecule has 40 heavy (non-hydrogen) atoms. The first-order chi connectivity index (χ1) is 18.6. The molecule has 0 amide bonds. The van der Waals surface area contributed by atoms with Crippen LogP contribution in [0.5, 0.6) is 0 Å². The third-order valence-corrected chi connectivity index (χ3v) is 7.22. The molecule has 1 aromatic rings. The summed E-state index contributed by atoms with van der Waals surface area (Å²) in [6.07, 6.45) is -8.39. The zero-order chi connectivity index (χ0) is 30.1. The topological polar surface area (TPSA) is 123 Å². The maximum absolute atomic E-state index is 11.5. The van der Waals surface area contributed by atoms with E-state index in [4.69, 9.17) is 24.5 Å². The van der Waals surface area contributed by atoms with E-state index in [1.165, 1.54) is 11.1 Å². The van der Waals surface area contributed by atoms with Crippen molar-refractivity contribution in [1.29, 1.82) is 0 Å². The number of hydrogen-bond donors (Lipinski definition) is 4. The fourth-order valence-corrected chi connectivity index (χ4v) is 5.28. The molecule has 2 atom stereocenters. The van der Waals surface area contributed by atoms with Gasteiger partial charge in [-0.2, -0.15) is 26.3 Å². The van der Waals surface area contributed by atoms with Gasteiger partial charge >= 0.3 is 24.3 Å². The van der Waals surface area contributed by atoms with Crippen LogP contribution in [0.3, 0.4) is 0 Å². The number of hydrogen-bond acceptors (Lipinski definition) is 7. The monoisotopic (exact) mass is 587 g/mol. The van der Waals surface area contributed by atoms with Crippen LogP contribution in [0.25, 0.3) is 0 Å². The van der Waals surface area contributed by atoms with Gasteiger partial charge < -0.3 is 25.4 Å². The predicted molar refractivity (Wildman–Crippen MR) is 131 cm³/mol. The van der Waals surface area contributed by atoms with Crippen molar-refractivity contribution in [3.8, 4) is 0 Å². The third kappa shape index (κ3) is 8.77. The van der Waals surface area contributed by atoms with E-state index >= 15 is 0 Å². The van der Waals surface area contributed by atoms with Crippen LogP contribution in [-0.2, 0) is 19.7 Å². The number of rotatable bonds is 5. The highest BCUT2D eigenvalue weighted by Crippen LogP contribution is 2.52. The number of aliphatic hydroxyl groups excluding tert-OH is 1. The Hall–Kier alpha value is -2.46. The molecular formula is C25H35F6N3O6. The van der Waals surface area contributed by atoms with E-state index < -0.39 is 24.3 Å². The number of piperidine rings is 1. The number of alkyl halides is 6. The average Bonchev–Trinajstić information content (AvgIpc) is 3.12. The summed E-state index contributed by atoms with van der Waals surface area (Å²) in [6.45, 7) is 10.9. The van der Waals surface area contributed by atoms with Crippen molar-refractivity contribution in [2.45, 2.75) is 49.7 Å². The van der Waals surface area contributed by atoms with Crippen molar-refractivity contribution in [2.24, 2.45) is 0 Å². The van der Waals surface area contributed by atoms with E-state index in [-0.39, 0.29) is 17.6 Å². The zero-order valence-corrected chi connectivity index (χ0v) is 22.0. The van der Waals surface area contributed by atoms with Gasteiger partial charge in [0.1, 0.15) is 0 Å². The number of carbonyl (C=O) groups is 2. The van der Waals surface area contributed by atoms with Crippen molar-refractivity contribution in [3.05, 3.63) is 35.4 Å². The lowest BCUT2D eigenvalue weighted by atomic mass is 9.72. The van der Waals surface area contributed by atoms with Gasteiger partial charge in [0, 0.05) is 44.7 Å². The van der Waals surface area contributed by atoms with Crippen LogP contribution in [-0.4, -0.2) is 115 Å². The van der Waals surface area contributed by atoms with E-state index in [1.54, 1.807) is 0 Å². The van der Waals surface area contributed by atoms with Crippen LogP contribution in [0.4, 0.5) is 26.3 Å². The molecule has 1 aromatic carbocycles. The standard InChI is InChI=1S/C21H33N3O2.2C2HF3O2/c1-2-26-16-15-23-11-13-24(14-12-23)19-17-5-3-4-6-18(17)21(20(19)25)7-9-22-10-8-21;2*3-2(4,5)1(6)7/h3-6,19-20,22,25H,2,7-16H2,1H3;2*(H,6,7)/t19-,20+;;/m1../s1. The van der Waals surface area contributed by atoms with Crippen molar-refractivity contribution in [2.75, 3.05) is 59.0 Å². The number of piperazine rings is 1. The quantitative estimate of drug-likeness (QED) is 0.304. The minimum Gasteiger partial charge on any atom is -0.475 e. The molecule has 1 aliphatic carbocycles. The fraction of sp³-hybridized carbons (Fsp3) is 0.680. The smallest absolute Gasteiger partial charge is 0.475 e. The molecule has 0 aromatic heterocycles. The largest absolute Gasteiger partial charge is 0.490 e. The summed E-state index contributed by atoms with van der Waals surface area (Å²) in [4.78, 5) is 22.8. The Kier molecular flexibility index (Phi) is 12.2. The molecule has 2 fully saturated rings. The van der Waals surface area contributed by atoms with Gasteiger partial charge in [-0.1, -0.05) is 24.3 Å². The van der Waals surface area contributed by atoms with E-state index in [2.05, 4.69) is 39.4 Å². The van der Waals surface area contributed by atoms with Crippen LogP contribution in [0.1, 0.15) is 36.9 Å². The van der Waals surface area contributed by atoms with Crippen molar-refractivity contribution < 1.29 is 56.0 Å². The summed E-state index contributed by atoms with van der Waals surface area (Å²) < 4.78 is 69.0. The highest BCUT2D eigenvalue weighted by Gasteiger charge is 2.53. The number of aliphatic carboxylic acids is 2. The molecule has 0 bridgehead atoms. The van der Waals surface area contributed by atoms with Gasteiger partial charge in [-0.3, -0.25) is 9.80 Å². The second-order valence-electron chi connectivity index (χ2n) is 9.56. The Balaban J connectivity index is 0.000000333. The minimum absolute atomic E-state index is 0.0569. The van der Waals surface area contributed by atoms with Gasteiger partial charge in [0.25, 0.3) is 0 Å². The first-order valence-corrected chi connectivity index (χ1v) is 12.8. The number of carboxylic acids is 2. The molecule has 2 aliphatic heterocycles. The molecule has 0 saturated carbocycles. The normalized spacial score (nSPS) is 22.9. The van der Waals surface area contributed by atoms with E-state index in [0.717, 1.165) is 71.9 Å². The molecule has 2 saturated heterocycles. The lowest BCUT2D eigenvalue weighted by molar-refractivity contribution is -0.193. The molecule has 4 rings (SSSR count). The Morgan fingerprint density at radius 1 is 0.975 bits per heavy atom. The molecular weight excluding hydrogens is 552 g/mol. The number of ether oxygens (including phenoxy) is 1. The molecule has 3 aliphatic rings. The highest BCUT2D eigenvalue weighted by atomic mass is 19.4. The number of nitrogens with one attached hydrogen (secondary N) is 1. The second kappa shape index (κ2) is 14.4. The number of fused-ring (bicyclic) bond motifs is 2. The summed E-state index contributed by atoms with van der Waals surface area (Å²) >= 11 is 0. The molecule has 228 valence electrons. The maximum Gasteiger partial charge on any atom is 0.490 e. The fourth-order valence-electron chi connectivity index (χ4n) is 5.28. The molecule has 2 heterocycles. The lowest BCUT2D eigenvalue weighted by Crippen LogP contribution is -2.53. The predicted octanol–water partition coefficient (Wildman–Crippen LogP) is 2.64. The van der Waals surface area contributed by atoms with Crippen molar-refractivity contribution in [3.63, 3.8) is 0 Å². The van der Waals surface area contributed by atoms with Crippen LogP contribution >= 0.6 is 0 Å². The number of aliphatic hydroxyl groups is 1. The first-order valence-electron chi connectivity index (χ1n) is 12.8. The Labute approximate surface area is 227 Å². The summed E-state index contributed by atoms with van der Waals surface area (Å²) in [5.74, 6) is -5.51. The van der Waals surface area contributed by atoms with Gasteiger partial charge in [-0.15, -0.1) is 0 Å². The highest BCUT2D eigenvalue weighted by molar-refractivity contribution is 5.73. The minimum atomic E-state index is -5.08. The maximum atomic E-state index is 11.5. The van der Waals surface area contributed by atoms with Crippen molar-refractivity contribution in [1.82, 2.24) is 15.1 Å². The van der Waals surface area contributed by atoms with E-state index in [1.807, 2.05) is 6.92 Å². The van der Waals surface area contributed by atoms with Crippen LogP contribution in [0.15, 0.2) is 24.3 Å². The van der Waals surface area contributed by atoms with Crippen LogP contribution in [0, 0.1) is 0 Å². The van der Waals surface area contributed by atoms with Gasteiger partial charge in [0.2, 0.25) is 0 Å². The number of halogens is 6. The van der Waals surface area contributed by atoms with Gasteiger partial charge in [0.05, 0.1) is 18.8 Å². The number of carboxylic acid groups (broad SMARTS) is 2. The van der Waals surface area contributed by atoms with Crippen LogP contribution < -0.4 is 5.32 Å². The molecule has 1 spiro atoms. The number of nitrogens with zero attached hydrogens (tertiary/aromatic N) is 2. The van der Waals surface area contributed by atoms with E-state index in [9.17, 15) is 31.4 Å². The molecule has 9 nitrogen and oxygen atoms in total. The summed E-state index contributed by atoms with van der Waals surface area (Å²) in [6, 6.07) is 8.95. The molecule has 15 heteroatoms. The Morgan fingerprint density at radius 2 is 1.48 bits per heavy atom. The van der Waals surface area contributed by atoms with Crippen LogP contribution in [0.2, 0.25) is 0 Å². The summed E-state index contributed by atoms with van der Waals surface area (Å²) in [7, 11) is 0. The molecule has 0 unspecified atom stereocenters. The van der Waals surface area contributed by atoms with Crippen molar-refractivity contribution >= 4 is 11.9 Å². The lowest BCUT2D eigenvalue weighted by Gasteiger charge is -2.43. The molecule has 0 radical (unpaired) electrons. The SMILES string of the molecule is CCOCCN1CCN([C@@H]2c3ccccc3C3(CCNCC3)[C@H]2O)CC1.O=C(O)C(F)(F)F.O=C(O)C(F)(F)F. The van der Waals surface area contributed by atoms with Gasteiger partial charge in [-0.25, -0.2) is 9.59 Å². The Morgan fingerprint density at radius 3 is 1.95 bits per heavy atom. The average molecular weight is 588 g/mol. The van der Waals surface area contributed by atoms with Gasteiger partial charge in [0.15, 0.2) is 0 Å². The molecule has 4 N–H and O–H groups in total. The first kappa shape index (κ1) is 33.7. The number of benzene rings is 1. The summed E-state index contributed by atoms with van der Waals surface area (Å²) in [5.41, 5.74) is 2.71. The Bertz CT molecular complexity index is 939. The summed E-state index contributed by atoms with van der Waals surface area (Å²) in [5, 5.41) is 29.2. The second-order valence-corrected chi connectivity index (χ2v) is 9.56. The van der Waals surface area contributed by atoms with E-state index in [0.29, 0.717) is 0 Å².